The summed E-state index contributed by atoms with van der Waals surface area (Å²) >= 11 is 0. The SMILES string of the molecule is CC(C)NC(=O)c1ccc(NC(=O)CNc2cccc(C(=O)Nc3cccc(C(F)(F)F)c3)c2)cc1. The van der Waals surface area contributed by atoms with E-state index in [1.54, 1.807) is 36.4 Å². The van der Waals surface area contributed by atoms with E-state index in [1.165, 1.54) is 24.3 Å². The highest BCUT2D eigenvalue weighted by Crippen LogP contribution is 2.30. The Bertz CT molecular complexity index is 1240. The van der Waals surface area contributed by atoms with Gasteiger partial charge in [0.2, 0.25) is 5.91 Å². The van der Waals surface area contributed by atoms with Gasteiger partial charge in [-0.25, -0.2) is 0 Å². The van der Waals surface area contributed by atoms with Gasteiger partial charge in [-0.15, -0.1) is 0 Å². The first-order valence-electron chi connectivity index (χ1n) is 11.0. The summed E-state index contributed by atoms with van der Waals surface area (Å²) in [4.78, 5) is 36.8. The number of benzene rings is 3. The molecule has 0 saturated carbocycles. The lowest BCUT2D eigenvalue weighted by molar-refractivity contribution is -0.137. The van der Waals surface area contributed by atoms with Gasteiger partial charge in [-0.3, -0.25) is 14.4 Å². The van der Waals surface area contributed by atoms with Crippen LogP contribution in [-0.4, -0.2) is 30.3 Å². The molecule has 0 aliphatic rings. The summed E-state index contributed by atoms with van der Waals surface area (Å²) in [7, 11) is 0. The predicted molar refractivity (Wildman–Crippen MR) is 132 cm³/mol. The maximum absolute atomic E-state index is 12.9. The minimum Gasteiger partial charge on any atom is -0.376 e. The fourth-order valence-corrected chi connectivity index (χ4v) is 3.18. The third kappa shape index (κ3) is 7.59. The van der Waals surface area contributed by atoms with Crippen LogP contribution in [0, 0.1) is 0 Å². The highest BCUT2D eigenvalue weighted by Gasteiger charge is 2.30. The smallest absolute Gasteiger partial charge is 0.376 e. The number of carbonyl (C=O) groups is 3. The Morgan fingerprint density at radius 2 is 1.42 bits per heavy atom. The molecule has 10 heteroatoms. The highest BCUT2D eigenvalue weighted by molar-refractivity contribution is 6.05. The summed E-state index contributed by atoms with van der Waals surface area (Å²) in [5.41, 5.74) is 0.809. The van der Waals surface area contributed by atoms with Crippen LogP contribution in [0.4, 0.5) is 30.2 Å². The van der Waals surface area contributed by atoms with Crippen LogP contribution in [-0.2, 0) is 11.0 Å². The second kappa shape index (κ2) is 11.4. The Hall–Kier alpha value is -4.34. The zero-order chi connectivity index (χ0) is 26.3. The van der Waals surface area contributed by atoms with Crippen LogP contribution >= 0.6 is 0 Å². The lowest BCUT2D eigenvalue weighted by Gasteiger charge is -2.12. The number of amides is 3. The van der Waals surface area contributed by atoms with Crippen LogP contribution in [0.5, 0.6) is 0 Å². The van der Waals surface area contributed by atoms with E-state index in [0.717, 1.165) is 12.1 Å². The molecule has 3 aromatic carbocycles. The van der Waals surface area contributed by atoms with Crippen molar-refractivity contribution in [2.45, 2.75) is 26.1 Å². The molecule has 0 radical (unpaired) electrons. The van der Waals surface area contributed by atoms with Gasteiger partial charge in [-0.2, -0.15) is 13.2 Å². The summed E-state index contributed by atoms with van der Waals surface area (Å²) in [5.74, 6) is -1.15. The number of hydrogen-bond donors (Lipinski definition) is 4. The number of rotatable bonds is 8. The molecule has 0 fully saturated rings. The largest absolute Gasteiger partial charge is 0.416 e. The predicted octanol–water partition coefficient (Wildman–Crippen LogP) is 5.15. The van der Waals surface area contributed by atoms with Gasteiger partial charge < -0.3 is 21.3 Å². The fraction of sp³-hybridized carbons (Fsp3) is 0.192. The number of halogens is 3. The number of carbonyl (C=O) groups excluding carboxylic acids is 3. The first kappa shape index (κ1) is 26.3. The van der Waals surface area contributed by atoms with Crippen LogP contribution in [0.25, 0.3) is 0 Å². The molecule has 7 nitrogen and oxygen atoms in total. The summed E-state index contributed by atoms with van der Waals surface area (Å²) in [5, 5.41) is 10.8. The van der Waals surface area contributed by atoms with Crippen LogP contribution in [0.15, 0.2) is 72.8 Å². The van der Waals surface area contributed by atoms with E-state index in [9.17, 15) is 27.6 Å². The van der Waals surface area contributed by atoms with Gasteiger partial charge in [0.05, 0.1) is 12.1 Å². The Balaban J connectivity index is 1.55. The van der Waals surface area contributed by atoms with Gasteiger partial charge in [0.25, 0.3) is 11.8 Å². The average Bonchev–Trinajstić information content (AvgIpc) is 2.82. The molecule has 0 atom stereocenters. The number of alkyl halides is 3. The molecule has 0 aromatic heterocycles. The zero-order valence-corrected chi connectivity index (χ0v) is 19.6. The lowest BCUT2D eigenvalue weighted by atomic mass is 10.1. The van der Waals surface area contributed by atoms with Crippen molar-refractivity contribution >= 4 is 34.8 Å². The van der Waals surface area contributed by atoms with Crippen molar-refractivity contribution in [2.24, 2.45) is 0 Å². The summed E-state index contributed by atoms with van der Waals surface area (Å²) < 4.78 is 38.7. The summed E-state index contributed by atoms with van der Waals surface area (Å²) in [6, 6.07) is 17.0. The van der Waals surface area contributed by atoms with E-state index in [-0.39, 0.29) is 35.7 Å². The van der Waals surface area contributed by atoms with E-state index in [4.69, 9.17) is 0 Å². The van der Waals surface area contributed by atoms with E-state index in [1.807, 2.05) is 13.8 Å². The molecule has 0 saturated heterocycles. The monoisotopic (exact) mass is 498 g/mol. The Labute approximate surface area is 206 Å². The van der Waals surface area contributed by atoms with Crippen LogP contribution in [0.2, 0.25) is 0 Å². The van der Waals surface area contributed by atoms with Crippen molar-refractivity contribution in [3.63, 3.8) is 0 Å². The molecule has 4 N–H and O–H groups in total. The van der Waals surface area contributed by atoms with Crippen LogP contribution in [0.1, 0.15) is 40.1 Å². The topological polar surface area (TPSA) is 99.3 Å². The third-order valence-electron chi connectivity index (χ3n) is 4.88. The molecule has 3 aromatic rings. The van der Waals surface area contributed by atoms with Crippen LogP contribution in [0.3, 0.4) is 0 Å². The van der Waals surface area contributed by atoms with Crippen molar-refractivity contribution in [3.05, 3.63) is 89.5 Å². The average molecular weight is 499 g/mol. The van der Waals surface area contributed by atoms with Crippen molar-refractivity contribution in [3.8, 4) is 0 Å². The van der Waals surface area contributed by atoms with E-state index >= 15 is 0 Å². The molecule has 3 rings (SSSR count). The van der Waals surface area contributed by atoms with Crippen molar-refractivity contribution in [1.82, 2.24) is 5.32 Å². The van der Waals surface area contributed by atoms with Gasteiger partial charge in [0.1, 0.15) is 0 Å². The van der Waals surface area contributed by atoms with E-state index in [0.29, 0.717) is 16.9 Å². The number of hydrogen-bond acceptors (Lipinski definition) is 4. The summed E-state index contributed by atoms with van der Waals surface area (Å²) in [6.45, 7) is 3.62. The number of anilines is 3. The Kier molecular flexibility index (Phi) is 8.31. The molecule has 3 amide bonds. The first-order chi connectivity index (χ1) is 17.0. The molecule has 188 valence electrons. The van der Waals surface area contributed by atoms with Crippen molar-refractivity contribution in [1.29, 1.82) is 0 Å². The zero-order valence-electron chi connectivity index (χ0n) is 19.6. The standard InChI is InChI=1S/C26H25F3N4O3/c1-16(2)31-24(35)17-9-11-20(12-10-17)32-23(34)15-30-21-7-3-5-18(13-21)25(36)33-22-8-4-6-19(14-22)26(27,28)29/h3-14,16,30H,15H2,1-2H3,(H,31,35)(H,32,34)(H,33,36). The summed E-state index contributed by atoms with van der Waals surface area (Å²) in [6.07, 6.45) is -4.52. The maximum atomic E-state index is 12.9. The molecular formula is C26H25F3N4O3. The van der Waals surface area contributed by atoms with Crippen molar-refractivity contribution in [2.75, 3.05) is 22.5 Å². The fourth-order valence-electron chi connectivity index (χ4n) is 3.18. The second-order valence-corrected chi connectivity index (χ2v) is 8.22. The van der Waals surface area contributed by atoms with Gasteiger partial charge >= 0.3 is 6.18 Å². The third-order valence-corrected chi connectivity index (χ3v) is 4.88. The van der Waals surface area contributed by atoms with Crippen LogP contribution < -0.4 is 21.3 Å². The quantitative estimate of drug-likeness (QED) is 0.345. The van der Waals surface area contributed by atoms with E-state index < -0.39 is 17.6 Å². The Morgan fingerprint density at radius 3 is 2.08 bits per heavy atom. The van der Waals surface area contributed by atoms with Gasteiger partial charge in [0, 0.05) is 34.2 Å². The molecule has 0 heterocycles. The molecule has 0 aliphatic heterocycles. The molecule has 36 heavy (non-hydrogen) atoms. The lowest BCUT2D eigenvalue weighted by Crippen LogP contribution is -2.30. The first-order valence-corrected chi connectivity index (χ1v) is 11.0. The van der Waals surface area contributed by atoms with E-state index in [2.05, 4.69) is 21.3 Å². The minimum absolute atomic E-state index is 0.00751. The van der Waals surface area contributed by atoms with Gasteiger partial charge in [-0.1, -0.05) is 12.1 Å². The Morgan fingerprint density at radius 1 is 0.750 bits per heavy atom. The maximum Gasteiger partial charge on any atom is 0.416 e. The minimum atomic E-state index is -4.52. The van der Waals surface area contributed by atoms with Gasteiger partial charge in [0.15, 0.2) is 0 Å². The van der Waals surface area contributed by atoms with Crippen molar-refractivity contribution < 1.29 is 27.6 Å². The normalized spacial score (nSPS) is 11.1. The molecule has 0 bridgehead atoms. The van der Waals surface area contributed by atoms with Gasteiger partial charge in [-0.05, 0) is 74.5 Å². The molecular weight excluding hydrogens is 473 g/mol. The second-order valence-electron chi connectivity index (χ2n) is 8.22. The number of nitrogens with one attached hydrogen (secondary N) is 4. The molecule has 0 unspecified atom stereocenters. The molecule has 0 aliphatic carbocycles. The highest BCUT2D eigenvalue weighted by atomic mass is 19.4. The molecule has 0 spiro atoms.